The molecule has 0 rings (SSSR count). The van der Waals surface area contributed by atoms with Crippen LogP contribution in [0.15, 0.2) is 25.3 Å². The summed E-state index contributed by atoms with van der Waals surface area (Å²) in [5, 5.41) is 0. The molecule has 16 heavy (non-hydrogen) atoms. The minimum atomic E-state index is -3.92. The van der Waals surface area contributed by atoms with E-state index in [1.807, 2.05) is 12.2 Å². The molecule has 0 aliphatic carbocycles. The Morgan fingerprint density at radius 2 is 1.56 bits per heavy atom. The van der Waals surface area contributed by atoms with Gasteiger partial charge < -0.3 is 9.04 Å². The fraction of sp³-hybridized carbons (Fsp3) is 0.636. The Hall–Kier alpha value is -0.650. The third-order valence-corrected chi connectivity index (χ3v) is 2.61. The molecule has 0 aromatic carbocycles. The van der Waals surface area contributed by atoms with Crippen LogP contribution in [0.25, 0.3) is 0 Å². The lowest BCUT2D eigenvalue weighted by molar-refractivity contribution is -0.878. The Labute approximate surface area is 99.6 Å². The largest absolute Gasteiger partial charge is 0.748 e. The van der Waals surface area contributed by atoms with Crippen LogP contribution in [0.5, 0.6) is 0 Å². The Morgan fingerprint density at radius 3 is 1.69 bits per heavy atom. The first-order valence-corrected chi connectivity index (χ1v) is 6.73. The van der Waals surface area contributed by atoms with Crippen molar-refractivity contribution >= 4 is 10.1 Å². The summed E-state index contributed by atoms with van der Waals surface area (Å²) in [5.41, 5.74) is 0. The van der Waals surface area contributed by atoms with Gasteiger partial charge in [0.25, 0.3) is 0 Å². The normalized spacial score (nSPS) is 11.2. The lowest BCUT2D eigenvalue weighted by Crippen LogP contribution is -2.39. The third-order valence-electron chi connectivity index (χ3n) is 1.70. The van der Waals surface area contributed by atoms with Gasteiger partial charge in [-0.3, -0.25) is 0 Å². The lowest BCUT2D eigenvalue weighted by Gasteiger charge is -2.26. The van der Waals surface area contributed by atoms with Gasteiger partial charge in [-0.15, -0.1) is 0 Å². The monoisotopic (exact) mass is 249 g/mol. The fourth-order valence-electron chi connectivity index (χ4n) is 1.02. The molecule has 0 atom stereocenters. The Morgan fingerprint density at radius 1 is 1.19 bits per heavy atom. The van der Waals surface area contributed by atoms with Gasteiger partial charge in [0, 0.05) is 5.75 Å². The van der Waals surface area contributed by atoms with Crippen LogP contribution in [0.4, 0.5) is 0 Å². The van der Waals surface area contributed by atoms with E-state index in [1.165, 1.54) is 0 Å². The van der Waals surface area contributed by atoms with Gasteiger partial charge in [-0.05, 0) is 18.6 Å². The average Bonchev–Trinajstić information content (AvgIpc) is 2.01. The van der Waals surface area contributed by atoms with Crippen LogP contribution in [0.2, 0.25) is 0 Å². The summed E-state index contributed by atoms with van der Waals surface area (Å²) in [4.78, 5) is 0. The molecule has 0 aromatic rings. The summed E-state index contributed by atoms with van der Waals surface area (Å²) < 4.78 is 30.0. The van der Waals surface area contributed by atoms with Crippen molar-refractivity contribution < 1.29 is 17.5 Å². The molecular formula is C11H23NO3S. The van der Waals surface area contributed by atoms with Crippen molar-refractivity contribution in [1.82, 2.24) is 0 Å². The highest BCUT2D eigenvalue weighted by Gasteiger charge is 2.07. The second-order valence-corrected chi connectivity index (χ2v) is 5.66. The Balaban J connectivity index is 0. The summed E-state index contributed by atoms with van der Waals surface area (Å²) >= 11 is 0. The highest BCUT2D eigenvalue weighted by Crippen LogP contribution is 1.95. The first-order valence-electron chi connectivity index (χ1n) is 5.16. The van der Waals surface area contributed by atoms with Crippen LogP contribution in [0, 0.1) is 0 Å². The van der Waals surface area contributed by atoms with E-state index in [-0.39, 0.29) is 5.75 Å². The van der Waals surface area contributed by atoms with Gasteiger partial charge in [-0.1, -0.05) is 20.1 Å². The lowest BCUT2D eigenvalue weighted by atomic mass is 10.4. The number of nitrogens with zero attached hydrogens (tertiary/aromatic N) is 1. The van der Waals surface area contributed by atoms with Crippen molar-refractivity contribution in [2.24, 2.45) is 0 Å². The zero-order valence-electron chi connectivity index (χ0n) is 10.5. The molecule has 4 nitrogen and oxygen atoms in total. The van der Waals surface area contributed by atoms with Gasteiger partial charge in [0.2, 0.25) is 0 Å². The molecule has 0 aliphatic heterocycles. The van der Waals surface area contributed by atoms with Crippen molar-refractivity contribution in [2.45, 2.75) is 13.3 Å². The highest BCUT2D eigenvalue weighted by molar-refractivity contribution is 7.85. The predicted octanol–water partition coefficient (Wildman–Crippen LogP) is 1.38. The molecule has 0 amide bonds. The Bertz CT molecular complexity index is 282. The standard InChI is InChI=1S/C8H16N.C3H8O3S/c1-5-7-9(3,4)8-6-2;1-2-3-7(4,5)6/h5-6H,1-2,7-8H2,3-4H3;2-3H2,1H3,(H,4,5,6)/q+1;/p-1. The number of rotatable bonds is 6. The van der Waals surface area contributed by atoms with Gasteiger partial charge in [0.05, 0.1) is 37.3 Å². The van der Waals surface area contributed by atoms with Gasteiger partial charge in [0.15, 0.2) is 0 Å². The summed E-state index contributed by atoms with van der Waals surface area (Å²) in [6.07, 6.45) is 4.28. The second kappa shape index (κ2) is 8.50. The molecule has 0 saturated heterocycles. The van der Waals surface area contributed by atoms with E-state index in [4.69, 9.17) is 0 Å². The number of likely N-dealkylation sites (N-methyl/N-ethyl adjacent to an activating group) is 1. The SMILES string of the molecule is C=CC[N+](C)(C)CC=C.CCCS(=O)(=O)[O-]. The zero-order valence-corrected chi connectivity index (χ0v) is 11.3. The molecule has 0 N–H and O–H groups in total. The van der Waals surface area contributed by atoms with Crippen molar-refractivity contribution in [3.8, 4) is 0 Å². The van der Waals surface area contributed by atoms with Gasteiger partial charge in [0.1, 0.15) is 0 Å². The summed E-state index contributed by atoms with van der Waals surface area (Å²) in [6, 6.07) is 0. The molecule has 0 radical (unpaired) electrons. The maximum atomic E-state index is 9.68. The van der Waals surface area contributed by atoms with Crippen LogP contribution in [0.3, 0.4) is 0 Å². The van der Waals surface area contributed by atoms with Crippen LogP contribution in [0.1, 0.15) is 13.3 Å². The van der Waals surface area contributed by atoms with E-state index >= 15 is 0 Å². The van der Waals surface area contributed by atoms with E-state index in [9.17, 15) is 13.0 Å². The van der Waals surface area contributed by atoms with E-state index < -0.39 is 10.1 Å². The fourth-order valence-corrected chi connectivity index (χ4v) is 1.52. The van der Waals surface area contributed by atoms with Crippen molar-refractivity contribution in [1.29, 1.82) is 0 Å². The Kier molecular flexibility index (Phi) is 9.42. The maximum Gasteiger partial charge on any atom is 0.0969 e. The van der Waals surface area contributed by atoms with Crippen LogP contribution in [-0.4, -0.2) is 50.4 Å². The topological polar surface area (TPSA) is 57.2 Å². The highest BCUT2D eigenvalue weighted by atomic mass is 32.2. The van der Waals surface area contributed by atoms with Crippen molar-refractivity contribution in [2.75, 3.05) is 32.9 Å². The summed E-state index contributed by atoms with van der Waals surface area (Å²) in [6.45, 7) is 11.0. The van der Waals surface area contributed by atoms with E-state index in [0.717, 1.165) is 17.6 Å². The molecule has 0 bridgehead atoms. The first-order chi connectivity index (χ1) is 7.18. The van der Waals surface area contributed by atoms with E-state index in [2.05, 4.69) is 27.3 Å². The zero-order chi connectivity index (χ0) is 13.2. The molecule has 0 heterocycles. The minimum absolute atomic E-state index is 0.243. The van der Waals surface area contributed by atoms with Gasteiger partial charge in [-0.2, -0.15) is 0 Å². The van der Waals surface area contributed by atoms with Gasteiger partial charge in [-0.25, -0.2) is 8.42 Å². The van der Waals surface area contributed by atoms with E-state index in [0.29, 0.717) is 6.42 Å². The van der Waals surface area contributed by atoms with Crippen molar-refractivity contribution in [3.05, 3.63) is 25.3 Å². The summed E-state index contributed by atoms with van der Waals surface area (Å²) in [7, 11) is 0.388. The van der Waals surface area contributed by atoms with Crippen LogP contribution < -0.4 is 0 Å². The smallest absolute Gasteiger partial charge is 0.0969 e. The molecule has 0 unspecified atom stereocenters. The van der Waals surface area contributed by atoms with E-state index in [1.54, 1.807) is 6.92 Å². The molecular weight excluding hydrogens is 226 g/mol. The van der Waals surface area contributed by atoms with Crippen molar-refractivity contribution in [3.63, 3.8) is 0 Å². The first kappa shape index (κ1) is 17.7. The van der Waals surface area contributed by atoms with Gasteiger partial charge >= 0.3 is 0 Å². The number of quaternary nitrogens is 1. The molecule has 0 aromatic heterocycles. The van der Waals surface area contributed by atoms with Crippen LogP contribution >= 0.6 is 0 Å². The summed E-state index contributed by atoms with van der Waals surface area (Å²) in [5.74, 6) is -0.243. The van der Waals surface area contributed by atoms with Crippen LogP contribution in [-0.2, 0) is 10.1 Å². The maximum absolute atomic E-state index is 9.68. The molecule has 96 valence electrons. The molecule has 0 saturated carbocycles. The minimum Gasteiger partial charge on any atom is -0.748 e. The molecule has 0 aliphatic rings. The number of hydrogen-bond acceptors (Lipinski definition) is 3. The molecule has 5 heteroatoms. The number of hydrogen-bond donors (Lipinski definition) is 0. The molecule has 0 fully saturated rings. The average molecular weight is 249 g/mol. The predicted molar refractivity (Wildman–Crippen MR) is 67.1 cm³/mol. The second-order valence-electron chi connectivity index (χ2n) is 4.14. The molecule has 0 spiro atoms. The third kappa shape index (κ3) is 15.8. The quantitative estimate of drug-likeness (QED) is 0.406.